The fraction of sp³-hybridized carbons (Fsp3) is 0.500. The van der Waals surface area contributed by atoms with E-state index in [2.05, 4.69) is 46.3 Å². The van der Waals surface area contributed by atoms with Crippen molar-refractivity contribution in [2.24, 2.45) is 5.92 Å². The number of halogens is 1. The first-order valence-corrected chi connectivity index (χ1v) is 8.10. The molecule has 4 heterocycles. The molecule has 21 heavy (non-hydrogen) atoms. The van der Waals surface area contributed by atoms with Gasteiger partial charge in [0.1, 0.15) is 0 Å². The Kier molecular flexibility index (Phi) is 3.39. The van der Waals surface area contributed by atoms with Crippen molar-refractivity contribution in [3.63, 3.8) is 0 Å². The summed E-state index contributed by atoms with van der Waals surface area (Å²) in [5.74, 6) is 2.29. The van der Waals surface area contributed by atoms with Gasteiger partial charge in [-0.05, 0) is 47.3 Å². The van der Waals surface area contributed by atoms with Crippen molar-refractivity contribution >= 4 is 21.9 Å². The summed E-state index contributed by atoms with van der Waals surface area (Å²) < 4.78 is 0.939. The van der Waals surface area contributed by atoms with Crippen LogP contribution in [0.5, 0.6) is 0 Å². The highest BCUT2D eigenvalue weighted by atomic mass is 79.9. The number of nitrogens with one attached hydrogen (secondary N) is 2. The molecule has 2 atom stereocenters. The maximum Gasteiger partial charge on any atom is 0.245 e. The molecule has 2 fully saturated rings. The zero-order chi connectivity index (χ0) is 14.2. The number of hydrogen-bond donors (Lipinski definition) is 2. The maximum atomic E-state index is 4.63. The van der Waals surface area contributed by atoms with Gasteiger partial charge >= 0.3 is 0 Å². The highest BCUT2D eigenvalue weighted by Crippen LogP contribution is 2.28. The number of H-pyrrole nitrogens is 1. The Balaban J connectivity index is 1.55. The number of fused-ring (bicyclic) bond motifs is 1. The van der Waals surface area contributed by atoms with E-state index >= 15 is 0 Å². The molecule has 110 valence electrons. The third-order valence-corrected chi connectivity index (χ3v) is 4.77. The first-order valence-electron chi connectivity index (χ1n) is 7.31. The molecule has 2 aliphatic rings. The predicted molar refractivity (Wildman–Crippen MR) is 84.0 cm³/mol. The number of aromatic amines is 1. The number of nitrogens with zero attached hydrogens (tertiary/aromatic N) is 4. The van der Waals surface area contributed by atoms with Crippen molar-refractivity contribution in [1.82, 2.24) is 25.5 Å². The molecule has 4 rings (SSSR count). The lowest BCUT2D eigenvalue weighted by Crippen LogP contribution is -2.40. The standard InChI is InChI=1S/C14H17BrN6/c15-11-4-10(5-16-6-11)13-18-14(20-19-13)21-7-9-2-1-3-17-12(9)8-21/h4-6,9,12,17H,1-3,7-8H2,(H,18,19,20). The van der Waals surface area contributed by atoms with Gasteiger partial charge in [0.05, 0.1) is 0 Å². The van der Waals surface area contributed by atoms with Crippen LogP contribution in [0.4, 0.5) is 5.95 Å². The second kappa shape index (κ2) is 5.38. The van der Waals surface area contributed by atoms with Crippen molar-refractivity contribution in [1.29, 1.82) is 0 Å². The first-order chi connectivity index (χ1) is 10.3. The largest absolute Gasteiger partial charge is 0.338 e. The summed E-state index contributed by atoms with van der Waals surface area (Å²) in [7, 11) is 0. The van der Waals surface area contributed by atoms with Crippen LogP contribution in [-0.4, -0.2) is 45.8 Å². The molecule has 2 aromatic rings. The van der Waals surface area contributed by atoms with Crippen molar-refractivity contribution in [2.75, 3.05) is 24.5 Å². The van der Waals surface area contributed by atoms with E-state index < -0.39 is 0 Å². The van der Waals surface area contributed by atoms with Gasteiger partial charge in [0.15, 0.2) is 5.82 Å². The third-order valence-electron chi connectivity index (χ3n) is 4.33. The Labute approximate surface area is 131 Å². The lowest BCUT2D eigenvalue weighted by atomic mass is 9.94. The summed E-state index contributed by atoms with van der Waals surface area (Å²) in [5, 5.41) is 11.0. The topological polar surface area (TPSA) is 69.7 Å². The molecule has 7 heteroatoms. The van der Waals surface area contributed by atoms with Crippen LogP contribution in [0.25, 0.3) is 11.4 Å². The average molecular weight is 349 g/mol. The molecule has 6 nitrogen and oxygen atoms in total. The summed E-state index contributed by atoms with van der Waals surface area (Å²) in [6, 6.07) is 2.58. The molecular formula is C14H17BrN6. The molecule has 0 aliphatic carbocycles. The van der Waals surface area contributed by atoms with Crippen LogP contribution >= 0.6 is 15.9 Å². The first kappa shape index (κ1) is 13.2. The number of rotatable bonds is 2. The van der Waals surface area contributed by atoms with Gasteiger partial charge in [-0.2, -0.15) is 4.98 Å². The lowest BCUT2D eigenvalue weighted by molar-refractivity contribution is 0.340. The quantitative estimate of drug-likeness (QED) is 0.866. The summed E-state index contributed by atoms with van der Waals surface area (Å²) in [6.45, 7) is 3.18. The minimum absolute atomic E-state index is 0.591. The summed E-state index contributed by atoms with van der Waals surface area (Å²) >= 11 is 3.43. The van der Waals surface area contributed by atoms with E-state index in [0.717, 1.165) is 47.4 Å². The minimum atomic E-state index is 0.591. The molecule has 0 bridgehead atoms. The summed E-state index contributed by atoms with van der Waals surface area (Å²) in [6.07, 6.45) is 6.14. The fourth-order valence-corrected chi connectivity index (χ4v) is 3.64. The number of piperidine rings is 1. The number of hydrogen-bond acceptors (Lipinski definition) is 5. The summed E-state index contributed by atoms with van der Waals surface area (Å²) in [4.78, 5) is 11.1. The number of pyridine rings is 1. The number of anilines is 1. The van der Waals surface area contributed by atoms with Gasteiger partial charge in [-0.3, -0.25) is 10.1 Å². The molecule has 0 saturated carbocycles. The van der Waals surface area contributed by atoms with Gasteiger partial charge in [0.2, 0.25) is 5.95 Å². The highest BCUT2D eigenvalue weighted by Gasteiger charge is 2.35. The van der Waals surface area contributed by atoms with Crippen molar-refractivity contribution in [2.45, 2.75) is 18.9 Å². The van der Waals surface area contributed by atoms with Crippen LogP contribution in [0.3, 0.4) is 0 Å². The number of aromatic nitrogens is 4. The molecule has 0 spiro atoms. The van der Waals surface area contributed by atoms with Crippen molar-refractivity contribution in [3.8, 4) is 11.4 Å². The van der Waals surface area contributed by atoms with Gasteiger partial charge in [-0.15, -0.1) is 5.10 Å². The second-order valence-corrected chi connectivity index (χ2v) is 6.66. The van der Waals surface area contributed by atoms with Crippen LogP contribution in [-0.2, 0) is 0 Å². The molecule has 2 saturated heterocycles. The Morgan fingerprint density at radius 2 is 2.24 bits per heavy atom. The normalized spacial score (nSPS) is 25.1. The highest BCUT2D eigenvalue weighted by molar-refractivity contribution is 9.10. The molecule has 2 aromatic heterocycles. The average Bonchev–Trinajstić information content (AvgIpc) is 3.14. The predicted octanol–water partition coefficient (Wildman–Crippen LogP) is 1.82. The van der Waals surface area contributed by atoms with Gasteiger partial charge in [-0.1, -0.05) is 0 Å². The zero-order valence-corrected chi connectivity index (χ0v) is 13.2. The Morgan fingerprint density at radius 1 is 1.29 bits per heavy atom. The lowest BCUT2D eigenvalue weighted by Gasteiger charge is -2.24. The van der Waals surface area contributed by atoms with Gasteiger partial charge < -0.3 is 10.2 Å². The van der Waals surface area contributed by atoms with Crippen LogP contribution in [0.1, 0.15) is 12.8 Å². The van der Waals surface area contributed by atoms with Gasteiger partial charge in [0.25, 0.3) is 0 Å². The van der Waals surface area contributed by atoms with Crippen LogP contribution in [0, 0.1) is 5.92 Å². The van der Waals surface area contributed by atoms with Crippen molar-refractivity contribution < 1.29 is 0 Å². The third kappa shape index (κ3) is 2.55. The summed E-state index contributed by atoms with van der Waals surface area (Å²) in [5.41, 5.74) is 0.942. The molecule has 0 aromatic carbocycles. The SMILES string of the molecule is Brc1cncc(-c2nc(N3CC4CCCNC4C3)n[nH]2)c1. The van der Waals surface area contributed by atoms with Crippen LogP contribution in [0.2, 0.25) is 0 Å². The maximum absolute atomic E-state index is 4.63. The van der Waals surface area contributed by atoms with Gasteiger partial charge in [-0.25, -0.2) is 0 Å². The smallest absolute Gasteiger partial charge is 0.245 e. The molecule has 2 unspecified atom stereocenters. The Hall–Kier alpha value is -1.47. The van der Waals surface area contributed by atoms with E-state index in [0.29, 0.717) is 6.04 Å². The minimum Gasteiger partial charge on any atom is -0.338 e. The Morgan fingerprint density at radius 3 is 3.10 bits per heavy atom. The van der Waals surface area contributed by atoms with Gasteiger partial charge in [0, 0.05) is 41.6 Å². The zero-order valence-electron chi connectivity index (χ0n) is 11.6. The van der Waals surface area contributed by atoms with Crippen LogP contribution < -0.4 is 10.2 Å². The fourth-order valence-electron chi connectivity index (χ4n) is 3.27. The van der Waals surface area contributed by atoms with E-state index in [1.165, 1.54) is 12.8 Å². The molecule has 2 aliphatic heterocycles. The van der Waals surface area contributed by atoms with E-state index in [-0.39, 0.29) is 0 Å². The molecule has 2 N–H and O–H groups in total. The van der Waals surface area contributed by atoms with Crippen molar-refractivity contribution in [3.05, 3.63) is 22.9 Å². The molecule has 0 radical (unpaired) electrons. The monoisotopic (exact) mass is 348 g/mol. The van der Waals surface area contributed by atoms with E-state index in [4.69, 9.17) is 0 Å². The second-order valence-electron chi connectivity index (χ2n) is 5.74. The van der Waals surface area contributed by atoms with E-state index in [1.54, 1.807) is 12.4 Å². The Bertz CT molecular complexity index is 628. The molecular weight excluding hydrogens is 332 g/mol. The van der Waals surface area contributed by atoms with Crippen LogP contribution in [0.15, 0.2) is 22.9 Å². The van der Waals surface area contributed by atoms with E-state index in [1.807, 2.05) is 6.07 Å². The molecule has 0 amide bonds. The van der Waals surface area contributed by atoms with E-state index in [9.17, 15) is 0 Å².